The van der Waals surface area contributed by atoms with Gasteiger partial charge in [-0.3, -0.25) is 14.5 Å². The fourth-order valence-corrected chi connectivity index (χ4v) is 1.16. The molecule has 0 aliphatic carbocycles. The van der Waals surface area contributed by atoms with Crippen LogP contribution in [-0.2, 0) is 9.59 Å². The molecule has 0 N–H and O–H groups in total. The molecule has 4 nitrogen and oxygen atoms in total. The van der Waals surface area contributed by atoms with E-state index in [0.717, 1.165) is 0 Å². The molecule has 5 heteroatoms. The molecule has 0 spiro atoms. The summed E-state index contributed by atoms with van der Waals surface area (Å²) in [5.41, 5.74) is 0. The Morgan fingerprint density at radius 3 is 2.33 bits per heavy atom. The first-order valence-electron chi connectivity index (χ1n) is 3.77. The molecule has 0 saturated carbocycles. The van der Waals surface area contributed by atoms with Crippen molar-refractivity contribution >= 4 is 19.8 Å². The maximum atomic E-state index is 11.2. The zero-order valence-corrected chi connectivity index (χ0v) is 7.12. The van der Waals surface area contributed by atoms with E-state index in [1.807, 2.05) is 0 Å². The SMILES string of the molecule is BN1CC(=O)N(CC=C)C(=O)C1. The van der Waals surface area contributed by atoms with Crippen LogP contribution in [0, 0.1) is 0 Å². The quantitative estimate of drug-likeness (QED) is 0.281. The zero-order valence-electron chi connectivity index (χ0n) is 7.12. The Morgan fingerprint density at radius 1 is 1.42 bits per heavy atom. The molecule has 0 bridgehead atoms. The lowest BCUT2D eigenvalue weighted by Crippen LogP contribution is -2.52. The predicted molar refractivity (Wildman–Crippen MR) is 47.0 cm³/mol. The third-order valence-electron chi connectivity index (χ3n) is 1.72. The van der Waals surface area contributed by atoms with E-state index in [1.165, 1.54) is 4.90 Å². The third kappa shape index (κ3) is 1.74. The number of piperazine rings is 1. The molecule has 0 aromatic carbocycles. The van der Waals surface area contributed by atoms with E-state index in [-0.39, 0.29) is 11.8 Å². The maximum absolute atomic E-state index is 11.2. The van der Waals surface area contributed by atoms with E-state index < -0.39 is 0 Å². The van der Waals surface area contributed by atoms with Crippen molar-refractivity contribution in [2.45, 2.75) is 0 Å². The molecule has 12 heavy (non-hydrogen) atoms. The number of amides is 2. The second-order valence-corrected chi connectivity index (χ2v) is 2.86. The van der Waals surface area contributed by atoms with Crippen molar-refractivity contribution in [1.82, 2.24) is 9.71 Å². The monoisotopic (exact) mass is 166 g/mol. The van der Waals surface area contributed by atoms with Crippen molar-refractivity contribution < 1.29 is 9.59 Å². The van der Waals surface area contributed by atoms with Crippen LogP contribution >= 0.6 is 0 Å². The molecule has 0 atom stereocenters. The van der Waals surface area contributed by atoms with Crippen molar-refractivity contribution in [2.75, 3.05) is 19.6 Å². The van der Waals surface area contributed by atoms with Gasteiger partial charge in [0.05, 0.1) is 13.1 Å². The van der Waals surface area contributed by atoms with Gasteiger partial charge in [-0.1, -0.05) is 6.08 Å². The summed E-state index contributed by atoms with van der Waals surface area (Å²) in [6, 6.07) is 0. The van der Waals surface area contributed by atoms with Crippen molar-refractivity contribution in [3.63, 3.8) is 0 Å². The summed E-state index contributed by atoms with van der Waals surface area (Å²) < 4.78 is 0. The number of carbonyl (C=O) groups excluding carboxylic acids is 2. The highest BCUT2D eigenvalue weighted by atomic mass is 16.2. The first kappa shape index (κ1) is 9.00. The van der Waals surface area contributed by atoms with Crippen LogP contribution in [0.3, 0.4) is 0 Å². The zero-order chi connectivity index (χ0) is 9.14. The summed E-state index contributed by atoms with van der Waals surface area (Å²) in [6.45, 7) is 4.45. The van der Waals surface area contributed by atoms with Crippen molar-refractivity contribution in [3.05, 3.63) is 12.7 Å². The fourth-order valence-electron chi connectivity index (χ4n) is 1.16. The van der Waals surface area contributed by atoms with E-state index in [1.54, 1.807) is 18.9 Å². The molecule has 64 valence electrons. The van der Waals surface area contributed by atoms with E-state index in [9.17, 15) is 9.59 Å². The minimum absolute atomic E-state index is 0.145. The molecular weight excluding hydrogens is 155 g/mol. The summed E-state index contributed by atoms with van der Waals surface area (Å²) in [5, 5.41) is 0. The fraction of sp³-hybridized carbons (Fsp3) is 0.429. The van der Waals surface area contributed by atoms with Crippen molar-refractivity contribution in [3.8, 4) is 0 Å². The average molecular weight is 166 g/mol. The van der Waals surface area contributed by atoms with Gasteiger partial charge in [-0.2, -0.15) is 0 Å². The lowest BCUT2D eigenvalue weighted by Gasteiger charge is -2.29. The van der Waals surface area contributed by atoms with Gasteiger partial charge in [-0.25, -0.2) is 0 Å². The average Bonchev–Trinajstić information content (AvgIpc) is 1.96. The van der Waals surface area contributed by atoms with Crippen molar-refractivity contribution in [1.29, 1.82) is 0 Å². The van der Waals surface area contributed by atoms with Crippen LogP contribution in [0.1, 0.15) is 0 Å². The lowest BCUT2D eigenvalue weighted by atomic mass is 10.2. The molecule has 2 amide bonds. The molecule has 1 aliphatic heterocycles. The van der Waals surface area contributed by atoms with Gasteiger partial charge in [0.1, 0.15) is 0 Å². The molecular formula is C7H11BN2O2. The van der Waals surface area contributed by atoms with Gasteiger partial charge < -0.3 is 4.81 Å². The van der Waals surface area contributed by atoms with E-state index in [0.29, 0.717) is 19.6 Å². The smallest absolute Gasteiger partial charge is 0.242 e. The van der Waals surface area contributed by atoms with Crippen LogP contribution in [0.25, 0.3) is 0 Å². The first-order chi connectivity index (χ1) is 5.65. The Hall–Kier alpha value is -1.10. The second kappa shape index (κ2) is 3.54. The lowest BCUT2D eigenvalue weighted by molar-refractivity contribution is -0.148. The molecule has 1 rings (SSSR count). The van der Waals surface area contributed by atoms with Crippen LogP contribution in [0.2, 0.25) is 0 Å². The normalized spacial score (nSPS) is 19.8. The molecule has 1 aliphatic rings. The third-order valence-corrected chi connectivity index (χ3v) is 1.72. The Morgan fingerprint density at radius 2 is 1.92 bits per heavy atom. The number of imide groups is 1. The summed E-state index contributed by atoms with van der Waals surface area (Å²) >= 11 is 0. The molecule has 1 heterocycles. The number of hydrogen-bond donors (Lipinski definition) is 0. The Kier molecular flexibility index (Phi) is 2.65. The number of hydrogen-bond acceptors (Lipinski definition) is 3. The minimum Gasteiger partial charge on any atom is -0.333 e. The van der Waals surface area contributed by atoms with Crippen LogP contribution in [0.4, 0.5) is 0 Å². The van der Waals surface area contributed by atoms with Gasteiger partial charge in [0, 0.05) is 6.54 Å². The molecule has 0 radical (unpaired) electrons. The topological polar surface area (TPSA) is 40.6 Å². The first-order valence-corrected chi connectivity index (χ1v) is 3.77. The number of nitrogens with zero attached hydrogens (tertiary/aromatic N) is 2. The molecule has 0 unspecified atom stereocenters. The Labute approximate surface area is 72.3 Å². The van der Waals surface area contributed by atoms with Gasteiger partial charge in [-0.15, -0.1) is 6.58 Å². The molecule has 0 aromatic heterocycles. The van der Waals surface area contributed by atoms with Crippen LogP contribution < -0.4 is 0 Å². The summed E-state index contributed by atoms with van der Waals surface area (Å²) in [7, 11) is 1.75. The van der Waals surface area contributed by atoms with Crippen LogP contribution in [0.5, 0.6) is 0 Å². The molecule has 0 aromatic rings. The summed E-state index contributed by atoms with van der Waals surface area (Å²) in [4.78, 5) is 25.4. The Bertz CT molecular complexity index is 211. The highest BCUT2D eigenvalue weighted by molar-refractivity contribution is 6.11. The van der Waals surface area contributed by atoms with Gasteiger partial charge in [0.2, 0.25) is 11.8 Å². The van der Waals surface area contributed by atoms with Crippen LogP contribution in [0.15, 0.2) is 12.7 Å². The summed E-state index contributed by atoms with van der Waals surface area (Å²) in [5.74, 6) is -0.290. The standard InChI is InChI=1S/C7H11BN2O2/c1-2-3-10-6(11)4-9(8)5-7(10)12/h2H,1,3-5,8H2. The molecule has 1 saturated heterocycles. The molecule has 1 fully saturated rings. The van der Waals surface area contributed by atoms with Gasteiger partial charge in [0.15, 0.2) is 7.98 Å². The largest absolute Gasteiger partial charge is 0.333 e. The Balaban J connectivity index is 2.66. The van der Waals surface area contributed by atoms with Gasteiger partial charge >= 0.3 is 0 Å². The van der Waals surface area contributed by atoms with E-state index >= 15 is 0 Å². The van der Waals surface area contributed by atoms with E-state index in [4.69, 9.17) is 0 Å². The second-order valence-electron chi connectivity index (χ2n) is 2.86. The van der Waals surface area contributed by atoms with Gasteiger partial charge in [0.25, 0.3) is 0 Å². The van der Waals surface area contributed by atoms with Gasteiger partial charge in [-0.05, 0) is 0 Å². The minimum atomic E-state index is -0.145. The number of rotatable bonds is 2. The highest BCUT2D eigenvalue weighted by Gasteiger charge is 2.27. The van der Waals surface area contributed by atoms with Crippen LogP contribution in [-0.4, -0.2) is 49.1 Å². The van der Waals surface area contributed by atoms with Crippen molar-refractivity contribution in [2.24, 2.45) is 0 Å². The summed E-state index contributed by atoms with van der Waals surface area (Å²) in [6.07, 6.45) is 1.56. The number of carbonyl (C=O) groups is 2. The highest BCUT2D eigenvalue weighted by Crippen LogP contribution is 2.01. The predicted octanol–water partition coefficient (Wildman–Crippen LogP) is -1.61. The van der Waals surface area contributed by atoms with E-state index in [2.05, 4.69) is 6.58 Å². The maximum Gasteiger partial charge on any atom is 0.242 e.